The van der Waals surface area contributed by atoms with Crippen LogP contribution in [-0.2, 0) is 0 Å². The number of halogens is 2. The lowest BCUT2D eigenvalue weighted by Crippen LogP contribution is -2.33. The molecule has 1 aliphatic rings. The van der Waals surface area contributed by atoms with Gasteiger partial charge in [-0.25, -0.2) is 18.7 Å². The summed E-state index contributed by atoms with van der Waals surface area (Å²) in [6.07, 6.45) is 1.81. The van der Waals surface area contributed by atoms with E-state index in [-0.39, 0.29) is 52.8 Å². The molecule has 180 valence electrons. The largest absolute Gasteiger partial charge is 0.496 e. The number of carbonyl (C=O) groups is 1. The molecule has 1 saturated heterocycles. The third kappa shape index (κ3) is 4.75. The van der Waals surface area contributed by atoms with Gasteiger partial charge in [-0.1, -0.05) is 0 Å². The summed E-state index contributed by atoms with van der Waals surface area (Å²) in [5, 5.41) is 21.5. The molecule has 0 saturated carbocycles. The smallest absolute Gasteiger partial charge is 0.274 e. The third-order valence-corrected chi connectivity index (χ3v) is 5.73. The van der Waals surface area contributed by atoms with Crippen molar-refractivity contribution in [2.45, 2.75) is 18.5 Å². The van der Waals surface area contributed by atoms with Gasteiger partial charge in [-0.2, -0.15) is 5.26 Å². The standard InChI is InChI=1S/C24H22F2N6O3/c1-35-20-5-2-13(10-27)22(26)21(20)23-29-7-6-17(30-23)24(34)31-18-8-14(25)3-4-19(18)32-11-15(28)9-16(32)12-33/h2-8,15-16,33H,9,11-12,28H2,1H3,(H,31,34)/t15-,16-/m0/s1. The van der Waals surface area contributed by atoms with E-state index >= 15 is 0 Å². The Kier molecular flexibility index (Phi) is 6.86. The minimum Gasteiger partial charge on any atom is -0.496 e. The quantitative estimate of drug-likeness (QED) is 0.489. The summed E-state index contributed by atoms with van der Waals surface area (Å²) in [6, 6.07) is 9.19. The molecule has 2 heterocycles. The van der Waals surface area contributed by atoms with Crippen LogP contribution in [0.25, 0.3) is 11.4 Å². The van der Waals surface area contributed by atoms with Crippen molar-refractivity contribution in [3.63, 3.8) is 0 Å². The number of nitrogens with two attached hydrogens (primary N) is 1. The number of ether oxygens (including phenoxy) is 1. The molecule has 0 spiro atoms. The Bertz CT molecular complexity index is 1310. The molecule has 9 nitrogen and oxygen atoms in total. The maximum absolute atomic E-state index is 14.9. The van der Waals surface area contributed by atoms with Crippen LogP contribution in [0.3, 0.4) is 0 Å². The van der Waals surface area contributed by atoms with Crippen LogP contribution < -0.4 is 20.7 Å². The predicted octanol–water partition coefficient (Wildman–Crippen LogP) is 2.45. The van der Waals surface area contributed by atoms with E-state index in [2.05, 4.69) is 15.3 Å². The number of aromatic nitrogens is 2. The molecule has 1 amide bonds. The fourth-order valence-electron chi connectivity index (χ4n) is 4.10. The third-order valence-electron chi connectivity index (χ3n) is 5.73. The van der Waals surface area contributed by atoms with Gasteiger partial charge in [-0.05, 0) is 42.8 Å². The Morgan fingerprint density at radius 3 is 2.86 bits per heavy atom. The maximum Gasteiger partial charge on any atom is 0.274 e. The SMILES string of the molecule is COc1ccc(C#N)c(F)c1-c1nccc(C(=O)Nc2cc(F)ccc2N2C[C@@H](N)C[C@H]2CO)n1. The second-order valence-electron chi connectivity index (χ2n) is 7.98. The Balaban J connectivity index is 1.68. The van der Waals surface area contributed by atoms with Crippen molar-refractivity contribution in [1.82, 2.24) is 9.97 Å². The summed E-state index contributed by atoms with van der Waals surface area (Å²) in [5.74, 6) is -2.21. The Hall–Kier alpha value is -4.14. The van der Waals surface area contributed by atoms with Crippen molar-refractivity contribution in [1.29, 1.82) is 5.26 Å². The molecule has 3 aromatic rings. The van der Waals surface area contributed by atoms with Crippen molar-refractivity contribution in [3.8, 4) is 23.2 Å². The number of aliphatic hydroxyl groups is 1. The number of hydrogen-bond donors (Lipinski definition) is 3. The zero-order chi connectivity index (χ0) is 25.1. The average Bonchev–Trinajstić information content (AvgIpc) is 3.24. The van der Waals surface area contributed by atoms with E-state index in [1.165, 1.54) is 43.6 Å². The number of nitrogens with one attached hydrogen (secondary N) is 1. The molecule has 2 atom stereocenters. The molecule has 0 radical (unpaired) electrons. The van der Waals surface area contributed by atoms with Crippen molar-refractivity contribution in [2.75, 3.05) is 30.5 Å². The second-order valence-corrected chi connectivity index (χ2v) is 7.98. The number of rotatable bonds is 6. The van der Waals surface area contributed by atoms with Crippen LogP contribution >= 0.6 is 0 Å². The Morgan fingerprint density at radius 1 is 1.34 bits per heavy atom. The molecule has 2 aromatic carbocycles. The van der Waals surface area contributed by atoms with Gasteiger partial charge in [0.1, 0.15) is 23.3 Å². The number of anilines is 2. The van der Waals surface area contributed by atoms with Crippen LogP contribution in [0.15, 0.2) is 42.6 Å². The predicted molar refractivity (Wildman–Crippen MR) is 124 cm³/mol. The number of nitrogens with zero attached hydrogens (tertiary/aromatic N) is 4. The second kappa shape index (κ2) is 10.0. The first-order chi connectivity index (χ1) is 16.9. The normalized spacial score (nSPS) is 17.2. The number of benzene rings is 2. The number of hydrogen-bond acceptors (Lipinski definition) is 8. The zero-order valence-corrected chi connectivity index (χ0v) is 18.7. The minimum atomic E-state index is -0.878. The molecule has 4 N–H and O–H groups in total. The van der Waals surface area contributed by atoms with Gasteiger partial charge in [-0.15, -0.1) is 0 Å². The fourth-order valence-corrected chi connectivity index (χ4v) is 4.10. The van der Waals surface area contributed by atoms with Crippen LogP contribution in [0.4, 0.5) is 20.2 Å². The van der Waals surface area contributed by atoms with E-state index in [0.717, 1.165) is 6.07 Å². The van der Waals surface area contributed by atoms with E-state index in [4.69, 9.17) is 15.7 Å². The number of amides is 1. The minimum absolute atomic E-state index is 0.0897. The van der Waals surface area contributed by atoms with E-state index < -0.39 is 17.5 Å². The van der Waals surface area contributed by atoms with E-state index in [1.807, 2.05) is 4.90 Å². The van der Waals surface area contributed by atoms with Crippen LogP contribution in [0.5, 0.6) is 5.75 Å². The highest BCUT2D eigenvalue weighted by Gasteiger charge is 2.31. The number of carbonyl (C=O) groups excluding carboxylic acids is 1. The first-order valence-electron chi connectivity index (χ1n) is 10.7. The van der Waals surface area contributed by atoms with Crippen molar-refractivity contribution >= 4 is 17.3 Å². The van der Waals surface area contributed by atoms with Gasteiger partial charge in [0.2, 0.25) is 0 Å². The van der Waals surface area contributed by atoms with Crippen molar-refractivity contribution in [3.05, 3.63) is 65.5 Å². The zero-order valence-electron chi connectivity index (χ0n) is 18.7. The molecule has 1 fully saturated rings. The van der Waals surface area contributed by atoms with Gasteiger partial charge in [0.05, 0.1) is 42.3 Å². The van der Waals surface area contributed by atoms with Crippen molar-refractivity contribution < 1.29 is 23.4 Å². The summed E-state index contributed by atoms with van der Waals surface area (Å²) in [5.41, 5.74) is 6.18. The van der Waals surface area contributed by atoms with Gasteiger partial charge < -0.3 is 25.8 Å². The van der Waals surface area contributed by atoms with Crippen LogP contribution in [0, 0.1) is 23.0 Å². The van der Waals surface area contributed by atoms with Gasteiger partial charge in [-0.3, -0.25) is 4.79 Å². The highest BCUT2D eigenvalue weighted by atomic mass is 19.1. The summed E-state index contributed by atoms with van der Waals surface area (Å²) < 4.78 is 34.2. The van der Waals surface area contributed by atoms with Crippen molar-refractivity contribution in [2.24, 2.45) is 5.73 Å². The lowest BCUT2D eigenvalue weighted by Gasteiger charge is -2.27. The Labute approximate surface area is 199 Å². The van der Waals surface area contributed by atoms with Gasteiger partial charge in [0.15, 0.2) is 11.6 Å². The summed E-state index contributed by atoms with van der Waals surface area (Å²) in [7, 11) is 1.33. The average molecular weight is 480 g/mol. The molecule has 1 aliphatic heterocycles. The van der Waals surface area contributed by atoms with Crippen LogP contribution in [0.1, 0.15) is 22.5 Å². The lowest BCUT2D eigenvalue weighted by atomic mass is 10.1. The van der Waals surface area contributed by atoms with E-state index in [0.29, 0.717) is 18.7 Å². The maximum atomic E-state index is 14.9. The molecule has 35 heavy (non-hydrogen) atoms. The summed E-state index contributed by atoms with van der Waals surface area (Å²) in [6.45, 7) is 0.272. The summed E-state index contributed by atoms with van der Waals surface area (Å²) in [4.78, 5) is 23.1. The fraction of sp³-hybridized carbons (Fsp3) is 0.250. The van der Waals surface area contributed by atoms with Gasteiger partial charge >= 0.3 is 0 Å². The topological polar surface area (TPSA) is 137 Å². The van der Waals surface area contributed by atoms with Crippen LogP contribution in [-0.4, -0.2) is 53.3 Å². The van der Waals surface area contributed by atoms with Gasteiger partial charge in [0.25, 0.3) is 5.91 Å². The number of nitriles is 1. The first kappa shape index (κ1) is 24.0. The van der Waals surface area contributed by atoms with Gasteiger partial charge in [0, 0.05) is 18.8 Å². The monoisotopic (exact) mass is 480 g/mol. The highest BCUT2D eigenvalue weighted by molar-refractivity contribution is 6.05. The summed E-state index contributed by atoms with van der Waals surface area (Å²) >= 11 is 0. The first-order valence-corrected chi connectivity index (χ1v) is 10.7. The van der Waals surface area contributed by atoms with E-state index in [9.17, 15) is 18.7 Å². The number of aliphatic hydroxyl groups excluding tert-OH is 1. The van der Waals surface area contributed by atoms with Crippen LogP contribution in [0.2, 0.25) is 0 Å². The molecule has 0 aliphatic carbocycles. The lowest BCUT2D eigenvalue weighted by molar-refractivity contribution is 0.102. The molecule has 4 rings (SSSR count). The molecular weight excluding hydrogens is 458 g/mol. The molecule has 0 bridgehead atoms. The van der Waals surface area contributed by atoms with E-state index in [1.54, 1.807) is 6.07 Å². The Morgan fingerprint density at radius 2 is 2.14 bits per heavy atom. The molecule has 11 heteroatoms. The molecule has 0 unspecified atom stereocenters. The molecular formula is C24H22F2N6O3. The highest BCUT2D eigenvalue weighted by Crippen LogP contribution is 2.34. The number of methoxy groups -OCH3 is 1. The molecule has 1 aromatic heterocycles.